The number of hydrogen-bond acceptors (Lipinski definition) is 4. The lowest BCUT2D eigenvalue weighted by Gasteiger charge is -2.02. The summed E-state index contributed by atoms with van der Waals surface area (Å²) in [5, 5.41) is 3.84. The number of carbonyl (C=O) groups excluding carboxylic acids is 1. The van der Waals surface area contributed by atoms with Gasteiger partial charge in [0.2, 0.25) is 0 Å². The first-order valence-electron chi connectivity index (χ1n) is 6.86. The van der Waals surface area contributed by atoms with Crippen LogP contribution in [0.25, 0.3) is 10.2 Å². The molecule has 0 bridgehead atoms. The minimum atomic E-state index is 0.00780. The molecule has 1 amide bonds. The van der Waals surface area contributed by atoms with Gasteiger partial charge in [0.05, 0.1) is 10.2 Å². The molecule has 1 N–H and O–H groups in total. The second-order valence-electron chi connectivity index (χ2n) is 4.51. The van der Waals surface area contributed by atoms with Gasteiger partial charge in [-0.15, -0.1) is 11.3 Å². The zero-order valence-electron chi connectivity index (χ0n) is 11.9. The molecule has 2 aromatic rings. The number of nitrogens with zero attached hydrogens (tertiary/aromatic N) is 1. The van der Waals surface area contributed by atoms with E-state index in [0.29, 0.717) is 11.6 Å². The second kappa shape index (κ2) is 6.41. The standard InChI is InChI=1S/C13H12N2OS2.C2H6/c1-7(17)13-15-10-5-2-8(6-11(10)18-13)12(16)14-9-3-4-9;1-2/h2,5-6,9H,3-4H2,1H3,(H,14,16);1-2H3. The smallest absolute Gasteiger partial charge is 0.251 e. The van der Waals surface area contributed by atoms with Crippen LogP contribution in [0, 0.1) is 0 Å². The van der Waals surface area contributed by atoms with E-state index in [1.165, 1.54) is 11.3 Å². The number of fused-ring (bicyclic) bond motifs is 1. The number of hydrogen-bond donors (Lipinski definition) is 1. The van der Waals surface area contributed by atoms with Crippen molar-refractivity contribution in [2.45, 2.75) is 39.7 Å². The minimum absolute atomic E-state index is 0.00780. The molecule has 0 spiro atoms. The fourth-order valence-corrected chi connectivity index (χ4v) is 2.78. The number of benzene rings is 1. The van der Waals surface area contributed by atoms with Crippen LogP contribution < -0.4 is 5.32 Å². The highest BCUT2D eigenvalue weighted by atomic mass is 32.1. The Morgan fingerprint density at radius 3 is 2.70 bits per heavy atom. The Bertz CT molecular complexity index is 644. The van der Waals surface area contributed by atoms with Crippen molar-refractivity contribution in [1.29, 1.82) is 0 Å². The molecule has 0 radical (unpaired) electrons. The van der Waals surface area contributed by atoms with E-state index in [4.69, 9.17) is 12.2 Å². The largest absolute Gasteiger partial charge is 0.349 e. The van der Waals surface area contributed by atoms with Crippen LogP contribution in [-0.2, 0) is 0 Å². The van der Waals surface area contributed by atoms with E-state index in [2.05, 4.69) is 10.3 Å². The van der Waals surface area contributed by atoms with Crippen LogP contribution in [0.1, 0.15) is 49.0 Å². The van der Waals surface area contributed by atoms with Crippen molar-refractivity contribution in [3.05, 3.63) is 28.8 Å². The number of carbonyl (C=O) groups is 1. The van der Waals surface area contributed by atoms with Crippen LogP contribution in [0.5, 0.6) is 0 Å². The maximum Gasteiger partial charge on any atom is 0.251 e. The molecule has 1 heterocycles. The van der Waals surface area contributed by atoms with E-state index >= 15 is 0 Å². The predicted molar refractivity (Wildman–Crippen MR) is 88.8 cm³/mol. The van der Waals surface area contributed by atoms with E-state index in [9.17, 15) is 4.79 Å². The molecular weight excluding hydrogens is 288 g/mol. The van der Waals surface area contributed by atoms with E-state index in [-0.39, 0.29) is 5.91 Å². The molecule has 106 valence electrons. The zero-order valence-corrected chi connectivity index (χ0v) is 13.5. The zero-order chi connectivity index (χ0) is 14.7. The molecule has 1 aromatic carbocycles. The molecule has 3 nitrogen and oxygen atoms in total. The van der Waals surface area contributed by atoms with Gasteiger partial charge in [0.1, 0.15) is 5.01 Å². The maximum atomic E-state index is 11.9. The van der Waals surface area contributed by atoms with Crippen molar-refractivity contribution >= 4 is 44.5 Å². The van der Waals surface area contributed by atoms with Crippen LogP contribution >= 0.6 is 23.6 Å². The van der Waals surface area contributed by atoms with Gasteiger partial charge in [-0.25, -0.2) is 4.98 Å². The van der Waals surface area contributed by atoms with Crippen molar-refractivity contribution < 1.29 is 4.79 Å². The van der Waals surface area contributed by atoms with Gasteiger partial charge in [-0.05, 0) is 38.0 Å². The van der Waals surface area contributed by atoms with Gasteiger partial charge in [-0.3, -0.25) is 4.79 Å². The fraction of sp³-hybridized carbons (Fsp3) is 0.400. The van der Waals surface area contributed by atoms with Crippen molar-refractivity contribution in [2.75, 3.05) is 0 Å². The molecule has 1 aromatic heterocycles. The van der Waals surface area contributed by atoms with Crippen LogP contribution in [0.15, 0.2) is 18.2 Å². The highest BCUT2D eigenvalue weighted by Crippen LogP contribution is 2.25. The van der Waals surface area contributed by atoms with E-state index in [0.717, 1.165) is 32.9 Å². The average molecular weight is 306 g/mol. The summed E-state index contributed by atoms with van der Waals surface area (Å²) >= 11 is 6.66. The van der Waals surface area contributed by atoms with Crippen molar-refractivity contribution in [2.24, 2.45) is 0 Å². The third-order valence-electron chi connectivity index (χ3n) is 2.86. The Hall–Kier alpha value is -1.33. The molecule has 3 rings (SSSR count). The molecule has 20 heavy (non-hydrogen) atoms. The van der Waals surface area contributed by atoms with Crippen LogP contribution in [-0.4, -0.2) is 21.8 Å². The van der Waals surface area contributed by atoms with Gasteiger partial charge in [0.25, 0.3) is 5.91 Å². The lowest BCUT2D eigenvalue weighted by Crippen LogP contribution is -2.25. The topological polar surface area (TPSA) is 42.0 Å². The van der Waals surface area contributed by atoms with Gasteiger partial charge >= 0.3 is 0 Å². The van der Waals surface area contributed by atoms with Crippen molar-refractivity contribution in [3.63, 3.8) is 0 Å². The summed E-state index contributed by atoms with van der Waals surface area (Å²) < 4.78 is 1.01. The molecule has 1 fully saturated rings. The summed E-state index contributed by atoms with van der Waals surface area (Å²) in [5.74, 6) is 0.00780. The normalized spacial score (nSPS) is 13.6. The highest BCUT2D eigenvalue weighted by Gasteiger charge is 2.23. The lowest BCUT2D eigenvalue weighted by atomic mass is 10.2. The van der Waals surface area contributed by atoms with Crippen molar-refractivity contribution in [3.8, 4) is 0 Å². The molecule has 1 aliphatic carbocycles. The number of amides is 1. The lowest BCUT2D eigenvalue weighted by molar-refractivity contribution is 0.0951. The third-order valence-corrected chi connectivity index (χ3v) is 4.32. The van der Waals surface area contributed by atoms with Gasteiger partial charge < -0.3 is 5.32 Å². The highest BCUT2D eigenvalue weighted by molar-refractivity contribution is 7.81. The predicted octanol–water partition coefficient (Wildman–Crippen LogP) is 3.95. The summed E-state index contributed by atoms with van der Waals surface area (Å²) in [7, 11) is 0. The third kappa shape index (κ3) is 3.41. The Morgan fingerprint density at radius 2 is 2.10 bits per heavy atom. The summed E-state index contributed by atoms with van der Waals surface area (Å²) in [6, 6.07) is 5.98. The van der Waals surface area contributed by atoms with Crippen LogP contribution in [0.3, 0.4) is 0 Å². The Kier molecular flexibility index (Phi) is 4.83. The first-order valence-corrected chi connectivity index (χ1v) is 8.08. The first kappa shape index (κ1) is 15.1. The molecule has 0 atom stereocenters. The number of aromatic nitrogens is 1. The maximum absolute atomic E-state index is 11.9. The molecule has 0 saturated heterocycles. The number of rotatable bonds is 3. The van der Waals surface area contributed by atoms with Gasteiger partial charge in [-0.2, -0.15) is 0 Å². The molecule has 0 aliphatic heterocycles. The van der Waals surface area contributed by atoms with E-state index < -0.39 is 0 Å². The number of nitrogens with one attached hydrogen (secondary N) is 1. The first-order chi connectivity index (χ1) is 9.63. The Labute approximate surface area is 128 Å². The molecule has 1 saturated carbocycles. The molecule has 1 aliphatic rings. The Balaban J connectivity index is 0.000000704. The van der Waals surface area contributed by atoms with Gasteiger partial charge in [0.15, 0.2) is 0 Å². The molecule has 0 unspecified atom stereocenters. The molecular formula is C15H18N2OS2. The van der Waals surface area contributed by atoms with Crippen LogP contribution in [0.2, 0.25) is 0 Å². The number of thiazole rings is 1. The molecule has 5 heteroatoms. The van der Waals surface area contributed by atoms with Gasteiger partial charge in [-0.1, -0.05) is 26.1 Å². The van der Waals surface area contributed by atoms with Crippen LogP contribution in [0.4, 0.5) is 0 Å². The summed E-state index contributed by atoms with van der Waals surface area (Å²) in [5.41, 5.74) is 1.61. The van der Waals surface area contributed by atoms with E-state index in [1.807, 2.05) is 39.0 Å². The average Bonchev–Trinajstić information content (AvgIpc) is 3.15. The SMILES string of the molecule is CC.CC(=S)c1nc2ccc(C(=O)NC3CC3)cc2s1. The number of thiocarbonyl (C=S) groups is 1. The summed E-state index contributed by atoms with van der Waals surface area (Å²) in [6.45, 7) is 5.87. The van der Waals surface area contributed by atoms with Crippen molar-refractivity contribution in [1.82, 2.24) is 10.3 Å². The fourth-order valence-electron chi connectivity index (χ4n) is 1.71. The summed E-state index contributed by atoms with van der Waals surface area (Å²) in [6.07, 6.45) is 2.20. The van der Waals surface area contributed by atoms with E-state index in [1.54, 1.807) is 0 Å². The minimum Gasteiger partial charge on any atom is -0.349 e. The monoisotopic (exact) mass is 306 g/mol. The Morgan fingerprint density at radius 1 is 1.40 bits per heavy atom. The second-order valence-corrected chi connectivity index (χ2v) is 6.15. The quantitative estimate of drug-likeness (QED) is 0.689. The summed E-state index contributed by atoms with van der Waals surface area (Å²) in [4.78, 5) is 17.2. The van der Waals surface area contributed by atoms with Gasteiger partial charge in [0, 0.05) is 16.5 Å².